The summed E-state index contributed by atoms with van der Waals surface area (Å²) in [5, 5.41) is 26.0. The van der Waals surface area contributed by atoms with Gasteiger partial charge in [-0.3, -0.25) is 4.79 Å². The number of rotatable bonds is 9. The molecule has 48 heavy (non-hydrogen) atoms. The minimum absolute atomic E-state index is 0.00905. The Morgan fingerprint density at radius 2 is 1.79 bits per heavy atom. The number of benzene rings is 1. The second kappa shape index (κ2) is 13.4. The van der Waals surface area contributed by atoms with Gasteiger partial charge in [0.05, 0.1) is 29.5 Å². The van der Waals surface area contributed by atoms with Gasteiger partial charge in [-0.25, -0.2) is 29.3 Å². The first kappa shape index (κ1) is 35.5. The van der Waals surface area contributed by atoms with Crippen LogP contribution in [0.1, 0.15) is 38.7 Å². The number of aryl methyl sites for hydroxylation is 1. The number of aromatic nitrogens is 7. The Balaban J connectivity index is 1.73. The van der Waals surface area contributed by atoms with Gasteiger partial charge in [-0.1, -0.05) is 11.6 Å². The van der Waals surface area contributed by atoms with Crippen LogP contribution in [0.25, 0.3) is 5.82 Å². The van der Waals surface area contributed by atoms with Crippen molar-refractivity contribution < 1.29 is 45.1 Å². The molecule has 0 bridgehead atoms. The summed E-state index contributed by atoms with van der Waals surface area (Å²) in [6.07, 6.45) is -12.4. The summed E-state index contributed by atoms with van der Waals surface area (Å²) in [7, 11) is 2.53. The summed E-state index contributed by atoms with van der Waals surface area (Å²) < 4.78 is 99.1. The number of alkyl halides is 7. The second-order valence-corrected chi connectivity index (χ2v) is 10.2. The molecule has 254 valence electrons. The molecule has 3 aromatic heterocycles. The fourth-order valence-corrected chi connectivity index (χ4v) is 4.40. The maximum atomic E-state index is 14.4. The molecule has 0 aliphatic carbocycles. The second-order valence-electron chi connectivity index (χ2n) is 9.80. The highest BCUT2D eigenvalue weighted by Gasteiger charge is 2.76. The number of pyridine rings is 1. The van der Waals surface area contributed by atoms with Crippen molar-refractivity contribution in [3.63, 3.8) is 0 Å². The van der Waals surface area contributed by atoms with Gasteiger partial charge in [0.15, 0.2) is 5.82 Å². The van der Waals surface area contributed by atoms with Gasteiger partial charge >= 0.3 is 24.1 Å². The highest BCUT2D eigenvalue weighted by Crippen LogP contribution is 2.51. The van der Waals surface area contributed by atoms with Crippen LogP contribution in [-0.4, -0.2) is 78.5 Å². The number of anilines is 1. The van der Waals surface area contributed by atoms with E-state index >= 15 is 0 Å². The third kappa shape index (κ3) is 6.98. The molecule has 4 aromatic rings. The molecule has 0 saturated carbocycles. The number of carbonyl (C=O) groups excluding carboxylic acids is 2. The van der Waals surface area contributed by atoms with E-state index in [9.17, 15) is 45.6 Å². The van der Waals surface area contributed by atoms with Gasteiger partial charge < -0.3 is 10.1 Å². The predicted molar refractivity (Wildman–Crippen MR) is 149 cm³/mol. The molecule has 0 spiro atoms. The maximum absolute atomic E-state index is 14.4. The van der Waals surface area contributed by atoms with E-state index in [1.165, 1.54) is 37.5 Å². The first-order valence-electron chi connectivity index (χ1n) is 13.1. The van der Waals surface area contributed by atoms with E-state index in [2.05, 4.69) is 41.0 Å². The van der Waals surface area contributed by atoms with Crippen LogP contribution in [0.15, 0.2) is 36.5 Å². The highest BCUT2D eigenvalue weighted by molar-refractivity contribution is 6.32. The van der Waals surface area contributed by atoms with Gasteiger partial charge in [0, 0.05) is 25.5 Å². The van der Waals surface area contributed by atoms with E-state index in [4.69, 9.17) is 11.6 Å². The zero-order valence-electron chi connectivity index (χ0n) is 24.7. The van der Waals surface area contributed by atoms with Crippen LogP contribution in [-0.2, 0) is 23.5 Å². The lowest BCUT2D eigenvalue weighted by Gasteiger charge is -2.26. The smallest absolute Gasteiger partial charge is 0.439 e. The van der Waals surface area contributed by atoms with Gasteiger partial charge in [0.2, 0.25) is 5.82 Å². The van der Waals surface area contributed by atoms with E-state index < -0.39 is 42.4 Å². The number of hydrogen-bond acceptors (Lipinski definition) is 10. The van der Waals surface area contributed by atoms with Crippen molar-refractivity contribution in [2.45, 2.75) is 38.0 Å². The lowest BCUT2D eigenvalue weighted by Crippen LogP contribution is -2.51. The third-order valence-corrected chi connectivity index (χ3v) is 6.81. The summed E-state index contributed by atoms with van der Waals surface area (Å²) in [4.78, 5) is 29.8. The van der Waals surface area contributed by atoms with Gasteiger partial charge in [-0.15, -0.1) is 10.2 Å². The molecule has 0 unspecified atom stereocenters. The first-order chi connectivity index (χ1) is 22.4. The van der Waals surface area contributed by atoms with Crippen molar-refractivity contribution >= 4 is 29.3 Å². The Morgan fingerprint density at radius 1 is 1.10 bits per heavy atom. The average Bonchev–Trinajstić information content (AvgIpc) is 3.66. The van der Waals surface area contributed by atoms with Crippen molar-refractivity contribution in [2.24, 2.45) is 0 Å². The van der Waals surface area contributed by atoms with E-state index in [0.29, 0.717) is 11.1 Å². The van der Waals surface area contributed by atoms with Crippen LogP contribution in [0.3, 0.4) is 0 Å². The summed E-state index contributed by atoms with van der Waals surface area (Å²) in [6, 6.07) is 8.85. The van der Waals surface area contributed by atoms with Gasteiger partial charge in [-0.05, 0) is 53.6 Å². The number of halogens is 8. The fraction of sp³-hybridized carbons (Fsp3) is 0.308. The van der Waals surface area contributed by atoms with Crippen molar-refractivity contribution in [1.29, 1.82) is 5.26 Å². The number of tetrazole rings is 1. The molecule has 0 atom stereocenters. The molecule has 0 aliphatic rings. The lowest BCUT2D eigenvalue weighted by molar-refractivity contribution is -0.351. The van der Waals surface area contributed by atoms with Crippen LogP contribution in [0.5, 0.6) is 0 Å². The summed E-state index contributed by atoms with van der Waals surface area (Å²) >= 11 is 6.27. The lowest BCUT2D eigenvalue weighted by atomic mass is 10.0. The maximum Gasteiger partial charge on any atom is 0.439 e. The van der Waals surface area contributed by atoms with E-state index in [1.54, 1.807) is 6.92 Å². The van der Waals surface area contributed by atoms with Crippen molar-refractivity contribution in [2.75, 3.05) is 19.5 Å². The number of hydrazine groups is 1. The Labute approximate surface area is 270 Å². The Bertz CT molecular complexity index is 1870. The molecule has 2 N–H and O–H groups in total. The molecule has 0 saturated heterocycles. The standard InChI is InChI=1S/C26H21ClF7N11O3/c1-13-7-14(10-35)8-15(11-37-43(2)23(47)48-3)19(13)38-21(46)18-9-16(40-45(18)20-17(27)5-4-6-36-20)12-44-41-22(39-42-44)24(28,25(29,30)31)26(32,33)34/h4-9,37H,11-12H2,1-3H3,(H,38,46). The topological polar surface area (TPSA) is 169 Å². The first-order valence-corrected chi connectivity index (χ1v) is 13.5. The van der Waals surface area contributed by atoms with E-state index in [-0.39, 0.29) is 44.8 Å². The Morgan fingerprint density at radius 3 is 2.40 bits per heavy atom. The molecule has 22 heteroatoms. The molecular weight excluding hydrogens is 683 g/mol. The number of nitrogens with zero attached hydrogens (tertiary/aromatic N) is 9. The number of carbonyl (C=O) groups is 2. The Hall–Kier alpha value is -5.36. The van der Waals surface area contributed by atoms with Crippen LogP contribution in [0.2, 0.25) is 5.02 Å². The molecule has 3 heterocycles. The number of hydrogen-bond donors (Lipinski definition) is 2. The summed E-state index contributed by atoms with van der Waals surface area (Å²) in [5.74, 6) is -3.27. The van der Waals surface area contributed by atoms with Crippen molar-refractivity contribution in [3.8, 4) is 11.9 Å². The molecular formula is C26H21ClF7N11O3. The van der Waals surface area contributed by atoms with Gasteiger partial charge in [0.25, 0.3) is 5.91 Å². The SMILES string of the molecule is COC(=O)N(C)NCc1cc(C#N)cc(C)c1NC(=O)c1cc(Cn2nnc(C(F)(C(F)(F)F)C(F)(F)F)n2)nn1-c1ncccc1Cl. The number of nitriles is 1. The normalized spacial score (nSPS) is 12.0. The largest absolute Gasteiger partial charge is 0.452 e. The van der Waals surface area contributed by atoms with Crippen LogP contribution in [0, 0.1) is 18.3 Å². The zero-order valence-corrected chi connectivity index (χ0v) is 25.4. The molecule has 0 radical (unpaired) electrons. The average molecular weight is 704 g/mol. The quantitative estimate of drug-likeness (QED) is 0.189. The van der Waals surface area contributed by atoms with Gasteiger partial charge in [-0.2, -0.15) is 41.5 Å². The third-order valence-electron chi connectivity index (χ3n) is 6.52. The molecule has 0 fully saturated rings. The number of nitrogens with one attached hydrogen (secondary N) is 2. The minimum atomic E-state index is -6.46. The monoisotopic (exact) mass is 703 g/mol. The summed E-state index contributed by atoms with van der Waals surface area (Å²) in [5.41, 5.74) is -2.47. The highest BCUT2D eigenvalue weighted by atomic mass is 35.5. The van der Waals surface area contributed by atoms with Crippen LogP contribution in [0.4, 0.5) is 41.2 Å². The van der Waals surface area contributed by atoms with Crippen molar-refractivity contribution in [1.82, 2.24) is 45.4 Å². The zero-order chi connectivity index (χ0) is 35.6. The van der Waals surface area contributed by atoms with Crippen molar-refractivity contribution in [3.05, 3.63) is 75.5 Å². The van der Waals surface area contributed by atoms with Crippen LogP contribution >= 0.6 is 11.6 Å². The molecule has 2 amide bonds. The number of ether oxygens (including phenoxy) is 1. The van der Waals surface area contributed by atoms with Gasteiger partial charge in [0.1, 0.15) is 12.2 Å². The number of amides is 2. The minimum Gasteiger partial charge on any atom is -0.452 e. The molecule has 4 rings (SSSR count). The fourth-order valence-electron chi connectivity index (χ4n) is 4.20. The number of methoxy groups -OCH3 is 1. The molecule has 1 aromatic carbocycles. The predicted octanol–water partition coefficient (Wildman–Crippen LogP) is 4.38. The molecule has 0 aliphatic heterocycles. The Kier molecular flexibility index (Phi) is 9.91. The van der Waals surface area contributed by atoms with E-state index in [0.717, 1.165) is 22.9 Å². The summed E-state index contributed by atoms with van der Waals surface area (Å²) in [6.45, 7) is 0.727. The molecule has 14 nitrogen and oxygen atoms in total. The van der Waals surface area contributed by atoms with Crippen LogP contribution < -0.4 is 10.7 Å². The van der Waals surface area contributed by atoms with E-state index in [1.807, 2.05) is 6.07 Å².